The van der Waals surface area contributed by atoms with Crippen LogP contribution in [0.4, 0.5) is 0 Å². The monoisotopic (exact) mass is 191 g/mol. The zero-order valence-electron chi connectivity index (χ0n) is 8.51. The van der Waals surface area contributed by atoms with Gasteiger partial charge >= 0.3 is 0 Å². The highest BCUT2D eigenvalue weighted by Crippen LogP contribution is 2.59. The summed E-state index contributed by atoms with van der Waals surface area (Å²) in [5.41, 5.74) is 0.386. The van der Waals surface area contributed by atoms with E-state index < -0.39 is 0 Å². The molecule has 1 spiro atoms. The number of terminal acetylenes is 1. The van der Waals surface area contributed by atoms with Gasteiger partial charge in [0.05, 0.1) is 0 Å². The molecule has 1 aliphatic carbocycles. The normalized spacial score (nSPS) is 28.4. The number of nitrogens with one attached hydrogen (secondary N) is 1. The minimum atomic E-state index is 0.345. The Hall–Kier alpha value is -0.810. The number of carbonyl (C=O) groups excluding carboxylic acids is 1. The topological polar surface area (TPSA) is 29.1 Å². The summed E-state index contributed by atoms with van der Waals surface area (Å²) in [7, 11) is 0. The van der Waals surface area contributed by atoms with Gasteiger partial charge in [0, 0.05) is 18.8 Å². The van der Waals surface area contributed by atoms with Gasteiger partial charge in [0.1, 0.15) is 5.78 Å². The molecular formula is C12H17NO. The predicted octanol–water partition coefficient (Wildman–Crippen LogP) is 1.36. The molecule has 14 heavy (non-hydrogen) atoms. The number of hydrogen-bond donors (Lipinski definition) is 1. The molecule has 2 nitrogen and oxygen atoms in total. The van der Waals surface area contributed by atoms with Crippen LogP contribution >= 0.6 is 0 Å². The zero-order valence-corrected chi connectivity index (χ0v) is 8.51. The number of rotatable bonds is 3. The van der Waals surface area contributed by atoms with E-state index in [1.807, 2.05) is 0 Å². The van der Waals surface area contributed by atoms with Crippen LogP contribution in [0.2, 0.25) is 0 Å². The van der Waals surface area contributed by atoms with Crippen molar-refractivity contribution in [3.05, 3.63) is 0 Å². The lowest BCUT2D eigenvalue weighted by atomic mass is 9.90. The largest absolute Gasteiger partial charge is 0.317 e. The maximum atomic E-state index is 11.7. The summed E-state index contributed by atoms with van der Waals surface area (Å²) in [4.78, 5) is 11.7. The van der Waals surface area contributed by atoms with Crippen molar-refractivity contribution < 1.29 is 4.79 Å². The minimum Gasteiger partial charge on any atom is -0.317 e. The lowest BCUT2D eigenvalue weighted by Gasteiger charge is -2.23. The van der Waals surface area contributed by atoms with E-state index in [1.54, 1.807) is 0 Å². The minimum absolute atomic E-state index is 0.345. The first kappa shape index (κ1) is 9.73. The summed E-state index contributed by atoms with van der Waals surface area (Å²) in [5, 5.41) is 3.34. The molecule has 2 rings (SSSR count). The molecule has 0 radical (unpaired) electrons. The Labute approximate surface area is 85.5 Å². The molecule has 1 atom stereocenters. The Morgan fingerprint density at radius 3 is 2.86 bits per heavy atom. The number of hydrogen-bond acceptors (Lipinski definition) is 2. The quantitative estimate of drug-likeness (QED) is 0.682. The smallest absolute Gasteiger partial charge is 0.137 e. The van der Waals surface area contributed by atoms with E-state index in [2.05, 4.69) is 11.2 Å². The number of Topliss-reactive ketones (excluding diaryl/α,β-unsaturated/α-hetero) is 1. The summed E-state index contributed by atoms with van der Waals surface area (Å²) < 4.78 is 0. The molecule has 1 unspecified atom stereocenters. The molecule has 1 heterocycles. The Bertz CT molecular complexity index is 271. The highest BCUT2D eigenvalue weighted by atomic mass is 16.1. The molecule has 0 aromatic carbocycles. The van der Waals surface area contributed by atoms with Gasteiger partial charge in [-0.15, -0.1) is 12.3 Å². The van der Waals surface area contributed by atoms with E-state index in [9.17, 15) is 4.79 Å². The standard InChI is InChI=1S/C12H17NO/c1-2-3-4-11(14)10-9-12(10)5-7-13-8-6-12/h1,10,13H,3-9H2. The summed E-state index contributed by atoms with van der Waals surface area (Å²) in [5.74, 6) is 3.29. The SMILES string of the molecule is C#CCCC(=O)C1CC12CCNCC2. The van der Waals surface area contributed by atoms with Gasteiger partial charge in [-0.1, -0.05) is 0 Å². The van der Waals surface area contributed by atoms with Crippen LogP contribution in [0.25, 0.3) is 0 Å². The molecule has 2 heteroatoms. The van der Waals surface area contributed by atoms with Crippen molar-refractivity contribution in [2.75, 3.05) is 13.1 Å². The van der Waals surface area contributed by atoms with Gasteiger partial charge in [0.2, 0.25) is 0 Å². The average molecular weight is 191 g/mol. The van der Waals surface area contributed by atoms with Gasteiger partial charge in [0.25, 0.3) is 0 Å². The summed E-state index contributed by atoms with van der Waals surface area (Å²) in [6, 6.07) is 0. The second kappa shape index (κ2) is 3.74. The van der Waals surface area contributed by atoms with Crippen LogP contribution in [0.3, 0.4) is 0 Å². The van der Waals surface area contributed by atoms with Gasteiger partial charge in [-0.2, -0.15) is 0 Å². The number of ketones is 1. The third-order valence-corrected chi connectivity index (χ3v) is 3.69. The number of piperidine rings is 1. The van der Waals surface area contributed by atoms with Gasteiger partial charge in [-0.25, -0.2) is 0 Å². The van der Waals surface area contributed by atoms with Crippen molar-refractivity contribution in [3.8, 4) is 12.3 Å². The van der Waals surface area contributed by atoms with Crippen LogP contribution in [0.15, 0.2) is 0 Å². The summed E-state index contributed by atoms with van der Waals surface area (Å²) in [6.45, 7) is 2.16. The molecule has 1 aliphatic heterocycles. The van der Waals surface area contributed by atoms with E-state index in [4.69, 9.17) is 6.42 Å². The van der Waals surface area contributed by atoms with Crippen molar-refractivity contribution in [3.63, 3.8) is 0 Å². The fraction of sp³-hybridized carbons (Fsp3) is 0.750. The molecule has 0 aromatic rings. The second-order valence-electron chi connectivity index (χ2n) is 4.54. The van der Waals surface area contributed by atoms with E-state index in [-0.39, 0.29) is 0 Å². The van der Waals surface area contributed by atoms with Gasteiger partial charge in [-0.05, 0) is 37.8 Å². The third-order valence-electron chi connectivity index (χ3n) is 3.69. The molecule has 1 N–H and O–H groups in total. The third kappa shape index (κ3) is 1.69. The molecule has 1 saturated heterocycles. The van der Waals surface area contributed by atoms with Crippen molar-refractivity contribution in [1.29, 1.82) is 0 Å². The lowest BCUT2D eigenvalue weighted by molar-refractivity contribution is -0.121. The highest BCUT2D eigenvalue weighted by Gasteiger charge is 2.56. The first-order chi connectivity index (χ1) is 6.78. The molecule has 1 saturated carbocycles. The van der Waals surface area contributed by atoms with Crippen LogP contribution in [0.5, 0.6) is 0 Å². The Morgan fingerprint density at radius 2 is 2.21 bits per heavy atom. The first-order valence-corrected chi connectivity index (χ1v) is 5.45. The lowest BCUT2D eigenvalue weighted by Crippen LogP contribution is -2.30. The summed E-state index contributed by atoms with van der Waals surface area (Å²) >= 11 is 0. The van der Waals surface area contributed by atoms with Crippen molar-refractivity contribution >= 4 is 5.78 Å². The van der Waals surface area contributed by atoms with Crippen LogP contribution < -0.4 is 5.32 Å². The average Bonchev–Trinajstić information content (AvgIpc) is 2.90. The molecule has 2 fully saturated rings. The van der Waals surface area contributed by atoms with E-state index >= 15 is 0 Å². The highest BCUT2D eigenvalue weighted by molar-refractivity contribution is 5.84. The molecular weight excluding hydrogens is 174 g/mol. The summed E-state index contributed by atoms with van der Waals surface area (Å²) in [6.07, 6.45) is 9.85. The van der Waals surface area contributed by atoms with E-state index in [0.717, 1.165) is 19.5 Å². The van der Waals surface area contributed by atoms with Crippen LogP contribution in [0.1, 0.15) is 32.1 Å². The molecule has 0 aromatic heterocycles. The fourth-order valence-corrected chi connectivity index (χ4v) is 2.65. The maximum Gasteiger partial charge on any atom is 0.137 e. The Morgan fingerprint density at radius 1 is 1.50 bits per heavy atom. The van der Waals surface area contributed by atoms with Gasteiger partial charge in [0.15, 0.2) is 0 Å². The zero-order chi connectivity index (χ0) is 10.0. The van der Waals surface area contributed by atoms with Gasteiger partial charge in [-0.3, -0.25) is 4.79 Å². The van der Waals surface area contributed by atoms with Crippen molar-refractivity contribution in [2.24, 2.45) is 11.3 Å². The van der Waals surface area contributed by atoms with Crippen LogP contribution in [0, 0.1) is 23.7 Å². The Kier molecular flexibility index (Phi) is 2.60. The fourth-order valence-electron chi connectivity index (χ4n) is 2.65. The van der Waals surface area contributed by atoms with Crippen LogP contribution in [-0.2, 0) is 4.79 Å². The molecule has 76 valence electrons. The second-order valence-corrected chi connectivity index (χ2v) is 4.54. The molecule has 2 aliphatic rings. The number of carbonyl (C=O) groups is 1. The van der Waals surface area contributed by atoms with Gasteiger partial charge < -0.3 is 5.32 Å². The molecule has 0 amide bonds. The molecule has 0 bridgehead atoms. The Balaban J connectivity index is 1.85. The van der Waals surface area contributed by atoms with Crippen LogP contribution in [-0.4, -0.2) is 18.9 Å². The van der Waals surface area contributed by atoms with Crippen molar-refractivity contribution in [1.82, 2.24) is 5.32 Å². The van der Waals surface area contributed by atoms with E-state index in [0.29, 0.717) is 30.0 Å². The maximum absolute atomic E-state index is 11.7. The van der Waals surface area contributed by atoms with Crippen molar-refractivity contribution in [2.45, 2.75) is 32.1 Å². The first-order valence-electron chi connectivity index (χ1n) is 5.45. The predicted molar refractivity (Wildman–Crippen MR) is 55.7 cm³/mol. The van der Waals surface area contributed by atoms with E-state index in [1.165, 1.54) is 12.8 Å².